The summed E-state index contributed by atoms with van der Waals surface area (Å²) in [6.07, 6.45) is 14.6. The number of thioether (sulfide) groups is 1. The van der Waals surface area contributed by atoms with E-state index in [0.717, 1.165) is 53.2 Å². The van der Waals surface area contributed by atoms with Gasteiger partial charge in [-0.05, 0) is 81.3 Å². The van der Waals surface area contributed by atoms with Crippen molar-refractivity contribution in [2.45, 2.75) is 94.2 Å². The van der Waals surface area contributed by atoms with Crippen molar-refractivity contribution in [2.75, 3.05) is 26.4 Å². The number of benzene rings is 1. The van der Waals surface area contributed by atoms with Gasteiger partial charge in [-0.25, -0.2) is 0 Å². The molecule has 2 saturated carbocycles. The van der Waals surface area contributed by atoms with E-state index in [1.807, 2.05) is 24.1 Å². The minimum absolute atomic E-state index is 0.0735. The van der Waals surface area contributed by atoms with Crippen LogP contribution in [0, 0.1) is 5.41 Å². The van der Waals surface area contributed by atoms with Crippen LogP contribution in [0.5, 0.6) is 0 Å². The van der Waals surface area contributed by atoms with Gasteiger partial charge in [-0.1, -0.05) is 31.4 Å². The lowest BCUT2D eigenvalue weighted by Crippen LogP contribution is -2.52. The maximum atomic E-state index is 11.7. The molecule has 3 rings (SSSR count). The zero-order valence-electron chi connectivity index (χ0n) is 21.5. The first-order valence-electron chi connectivity index (χ1n) is 13.3. The van der Waals surface area contributed by atoms with E-state index in [1.54, 1.807) is 18.8 Å². The van der Waals surface area contributed by atoms with Crippen LogP contribution in [0.2, 0.25) is 0 Å². The quantitative estimate of drug-likeness (QED) is 0.185. The molecule has 2 N–H and O–H groups in total. The number of likely N-dealkylation sites (N-methyl/N-ethyl adjacent to an activating group) is 1. The minimum atomic E-state index is -0.363. The molecule has 0 saturated heterocycles. The Bertz CT molecular complexity index is 835. The van der Waals surface area contributed by atoms with Crippen molar-refractivity contribution < 1.29 is 14.4 Å². The van der Waals surface area contributed by atoms with Gasteiger partial charge in [0.15, 0.2) is 0 Å². The predicted molar refractivity (Wildman–Crippen MR) is 143 cm³/mol. The summed E-state index contributed by atoms with van der Waals surface area (Å²) < 4.78 is 0. The topological polar surface area (TPSA) is 78.5 Å². The maximum Gasteiger partial charge on any atom is 0.219 e. The average molecular weight is 502 g/mol. The molecule has 194 valence electrons. The highest BCUT2D eigenvalue weighted by atomic mass is 32.2. The second kappa shape index (κ2) is 14.1. The molecule has 0 aromatic heterocycles. The van der Waals surface area contributed by atoms with Gasteiger partial charge < -0.3 is 15.4 Å². The lowest BCUT2D eigenvalue weighted by Gasteiger charge is -2.54. The molecule has 1 aromatic rings. The van der Waals surface area contributed by atoms with Gasteiger partial charge in [0.25, 0.3) is 0 Å². The number of amides is 1. The normalized spacial score (nSPS) is 17.6. The molecule has 2 aliphatic rings. The Morgan fingerprint density at radius 2 is 1.97 bits per heavy atom. The molecule has 1 unspecified atom stereocenters. The molecule has 7 heteroatoms. The summed E-state index contributed by atoms with van der Waals surface area (Å²) in [6, 6.07) is 6.24. The SMILES string of the molecule is CNC(=O)CCC(C=O)N(C)Cc1c(C=O)cccc1SCCCCCCNC1CC2(CCC2)C1. The first-order valence-corrected chi connectivity index (χ1v) is 14.3. The molecule has 0 radical (unpaired) electrons. The van der Waals surface area contributed by atoms with Crippen LogP contribution in [0.3, 0.4) is 0 Å². The highest BCUT2D eigenvalue weighted by molar-refractivity contribution is 7.99. The Morgan fingerprint density at radius 3 is 2.63 bits per heavy atom. The highest BCUT2D eigenvalue weighted by Gasteiger charge is 2.47. The van der Waals surface area contributed by atoms with Crippen LogP contribution in [0.15, 0.2) is 23.1 Å². The molecule has 0 heterocycles. The van der Waals surface area contributed by atoms with E-state index in [4.69, 9.17) is 0 Å². The molecular formula is C28H43N3O3S. The van der Waals surface area contributed by atoms with E-state index in [2.05, 4.69) is 16.7 Å². The highest BCUT2D eigenvalue weighted by Crippen LogP contribution is 2.55. The molecular weight excluding hydrogens is 458 g/mol. The third kappa shape index (κ3) is 8.16. The summed E-state index contributed by atoms with van der Waals surface area (Å²) >= 11 is 1.80. The second-order valence-electron chi connectivity index (χ2n) is 10.4. The molecule has 2 fully saturated rings. The molecule has 1 spiro atoms. The number of rotatable bonds is 17. The Hall–Kier alpha value is -1.70. The van der Waals surface area contributed by atoms with Gasteiger partial charge in [-0.2, -0.15) is 0 Å². The third-order valence-corrected chi connectivity index (χ3v) is 9.09. The van der Waals surface area contributed by atoms with E-state index in [0.29, 0.717) is 24.9 Å². The first-order chi connectivity index (χ1) is 17.0. The molecule has 1 amide bonds. The van der Waals surface area contributed by atoms with Gasteiger partial charge in [-0.3, -0.25) is 14.5 Å². The summed E-state index contributed by atoms with van der Waals surface area (Å²) in [4.78, 5) is 38.0. The smallest absolute Gasteiger partial charge is 0.219 e. The summed E-state index contributed by atoms with van der Waals surface area (Å²) in [5.74, 6) is 0.946. The van der Waals surface area contributed by atoms with Gasteiger partial charge in [0.1, 0.15) is 12.6 Å². The summed E-state index contributed by atoms with van der Waals surface area (Å²) in [7, 11) is 3.48. The molecule has 0 aliphatic heterocycles. The van der Waals surface area contributed by atoms with Crippen LogP contribution in [0.25, 0.3) is 0 Å². The monoisotopic (exact) mass is 501 g/mol. The van der Waals surface area contributed by atoms with Crippen molar-refractivity contribution in [3.63, 3.8) is 0 Å². The number of hydrogen-bond acceptors (Lipinski definition) is 6. The predicted octanol–water partition coefficient (Wildman–Crippen LogP) is 4.60. The largest absolute Gasteiger partial charge is 0.359 e. The molecule has 2 aliphatic carbocycles. The van der Waals surface area contributed by atoms with Crippen molar-refractivity contribution in [2.24, 2.45) is 5.41 Å². The van der Waals surface area contributed by atoms with Crippen LogP contribution in [-0.2, 0) is 16.1 Å². The lowest BCUT2D eigenvalue weighted by molar-refractivity contribution is -0.121. The molecule has 35 heavy (non-hydrogen) atoms. The van der Waals surface area contributed by atoms with E-state index in [-0.39, 0.29) is 11.9 Å². The fourth-order valence-corrected chi connectivity index (χ4v) is 6.54. The van der Waals surface area contributed by atoms with Crippen molar-refractivity contribution >= 4 is 30.2 Å². The number of nitrogens with zero attached hydrogens (tertiary/aromatic N) is 1. The van der Waals surface area contributed by atoms with Crippen molar-refractivity contribution in [3.05, 3.63) is 29.3 Å². The van der Waals surface area contributed by atoms with E-state index in [1.165, 1.54) is 51.4 Å². The summed E-state index contributed by atoms with van der Waals surface area (Å²) in [5.41, 5.74) is 2.39. The maximum absolute atomic E-state index is 11.7. The van der Waals surface area contributed by atoms with Gasteiger partial charge in [0.05, 0.1) is 6.04 Å². The van der Waals surface area contributed by atoms with E-state index < -0.39 is 0 Å². The minimum Gasteiger partial charge on any atom is -0.359 e. The second-order valence-corrected chi connectivity index (χ2v) is 11.6. The number of unbranched alkanes of at least 4 members (excludes halogenated alkanes) is 3. The Labute approximate surface area is 215 Å². The zero-order chi connectivity index (χ0) is 25.1. The Kier molecular flexibility index (Phi) is 11.3. The first kappa shape index (κ1) is 27.9. The Balaban J connectivity index is 1.37. The standard InChI is InChI=1S/C28H43N3O3S/c1-29-27(34)12-11-24(21-33)31(2)19-25-22(20-32)9-7-10-26(25)35-16-6-4-3-5-15-30-23-17-28(18-23)13-8-14-28/h7,9-10,20-21,23-24,30H,3-6,8,11-19H2,1-2H3,(H,29,34). The fourth-order valence-electron chi connectivity index (χ4n) is 5.44. The summed E-state index contributed by atoms with van der Waals surface area (Å²) in [5, 5.41) is 6.34. The number of nitrogens with one attached hydrogen (secondary N) is 2. The molecule has 1 atom stereocenters. The molecule has 6 nitrogen and oxygen atoms in total. The van der Waals surface area contributed by atoms with Gasteiger partial charge in [0.2, 0.25) is 5.91 Å². The molecule has 0 bridgehead atoms. The summed E-state index contributed by atoms with van der Waals surface area (Å²) in [6.45, 7) is 1.64. The number of carbonyl (C=O) groups excluding carboxylic acids is 3. The van der Waals surface area contributed by atoms with Crippen LogP contribution in [-0.4, -0.2) is 61.9 Å². The lowest BCUT2D eigenvalue weighted by atomic mass is 9.54. The van der Waals surface area contributed by atoms with Gasteiger partial charge in [-0.15, -0.1) is 11.8 Å². The van der Waals surface area contributed by atoms with Gasteiger partial charge in [0, 0.05) is 36.5 Å². The number of carbonyl (C=O) groups is 3. The van der Waals surface area contributed by atoms with Crippen LogP contribution in [0.1, 0.15) is 86.6 Å². The van der Waals surface area contributed by atoms with Crippen molar-refractivity contribution in [1.82, 2.24) is 15.5 Å². The van der Waals surface area contributed by atoms with E-state index >= 15 is 0 Å². The molecule has 1 aromatic carbocycles. The number of aldehydes is 2. The third-order valence-electron chi connectivity index (χ3n) is 7.91. The van der Waals surface area contributed by atoms with Crippen molar-refractivity contribution in [3.8, 4) is 0 Å². The van der Waals surface area contributed by atoms with E-state index in [9.17, 15) is 14.4 Å². The average Bonchev–Trinajstić information content (AvgIpc) is 2.81. The van der Waals surface area contributed by atoms with Gasteiger partial charge >= 0.3 is 0 Å². The Morgan fingerprint density at radius 1 is 1.20 bits per heavy atom. The fraction of sp³-hybridized carbons (Fsp3) is 0.679. The van der Waals surface area contributed by atoms with Crippen LogP contribution < -0.4 is 10.6 Å². The van der Waals surface area contributed by atoms with Crippen molar-refractivity contribution in [1.29, 1.82) is 0 Å². The van der Waals surface area contributed by atoms with Crippen LogP contribution in [0.4, 0.5) is 0 Å². The van der Waals surface area contributed by atoms with Crippen LogP contribution >= 0.6 is 11.8 Å². The zero-order valence-corrected chi connectivity index (χ0v) is 22.3. The number of hydrogen-bond donors (Lipinski definition) is 2.